The summed E-state index contributed by atoms with van der Waals surface area (Å²) in [6.45, 7) is 10.2. The predicted molar refractivity (Wildman–Crippen MR) is 69.8 cm³/mol. The van der Waals surface area contributed by atoms with Crippen molar-refractivity contribution in [2.45, 2.75) is 46.6 Å². The Morgan fingerprint density at radius 1 is 1.47 bits per heavy atom. The van der Waals surface area contributed by atoms with Crippen molar-refractivity contribution in [3.8, 4) is 0 Å². The summed E-state index contributed by atoms with van der Waals surface area (Å²) in [5, 5.41) is 0. The van der Waals surface area contributed by atoms with Crippen molar-refractivity contribution in [3.63, 3.8) is 0 Å². The van der Waals surface area contributed by atoms with Gasteiger partial charge in [0.1, 0.15) is 0 Å². The Morgan fingerprint density at radius 2 is 2.18 bits per heavy atom. The van der Waals surface area contributed by atoms with Crippen LogP contribution in [0.2, 0.25) is 0 Å². The van der Waals surface area contributed by atoms with Crippen LogP contribution in [-0.4, -0.2) is 36.6 Å². The van der Waals surface area contributed by atoms with Gasteiger partial charge in [0.25, 0.3) is 0 Å². The number of nitrogens with zero attached hydrogens (tertiary/aromatic N) is 1. The van der Waals surface area contributed by atoms with Gasteiger partial charge in [-0.15, -0.1) is 0 Å². The summed E-state index contributed by atoms with van der Waals surface area (Å²) in [7, 11) is 0. The lowest BCUT2D eigenvalue weighted by atomic mass is 9.93. The molecule has 0 aromatic rings. The van der Waals surface area contributed by atoms with E-state index in [1.54, 1.807) is 0 Å². The second-order valence-corrected chi connectivity index (χ2v) is 5.67. The molecule has 1 amide bonds. The zero-order chi connectivity index (χ0) is 12.9. The van der Waals surface area contributed by atoms with Crippen LogP contribution in [0.1, 0.15) is 40.5 Å². The van der Waals surface area contributed by atoms with E-state index in [1.165, 1.54) is 0 Å². The minimum absolute atomic E-state index is 0.200. The first-order valence-corrected chi connectivity index (χ1v) is 6.47. The molecule has 0 N–H and O–H groups in total. The third-order valence-electron chi connectivity index (χ3n) is 2.97. The standard InChI is InChI=1S/C14H25NO2/c1-5-6-10-17-12-8-7-9-15(11-12)13(16)14(2,3)4/h5-6,12H,7-11H2,1-4H3/b6-5-. The van der Waals surface area contributed by atoms with E-state index in [1.807, 2.05) is 44.7 Å². The van der Waals surface area contributed by atoms with E-state index in [2.05, 4.69) is 0 Å². The van der Waals surface area contributed by atoms with Gasteiger partial charge in [0.15, 0.2) is 0 Å². The van der Waals surface area contributed by atoms with E-state index in [0.717, 1.165) is 25.9 Å². The van der Waals surface area contributed by atoms with Gasteiger partial charge in [0.2, 0.25) is 5.91 Å². The zero-order valence-corrected chi connectivity index (χ0v) is 11.5. The number of ether oxygens (including phenoxy) is 1. The van der Waals surface area contributed by atoms with Crippen molar-refractivity contribution in [1.82, 2.24) is 4.90 Å². The van der Waals surface area contributed by atoms with E-state index >= 15 is 0 Å². The van der Waals surface area contributed by atoms with Crippen LogP contribution in [0.4, 0.5) is 0 Å². The zero-order valence-electron chi connectivity index (χ0n) is 11.5. The average molecular weight is 239 g/mol. The molecule has 0 saturated carbocycles. The third kappa shape index (κ3) is 4.50. The molecule has 0 aromatic heterocycles. The second-order valence-electron chi connectivity index (χ2n) is 5.67. The van der Waals surface area contributed by atoms with Crippen LogP contribution in [-0.2, 0) is 9.53 Å². The molecule has 17 heavy (non-hydrogen) atoms. The first kappa shape index (κ1) is 14.2. The van der Waals surface area contributed by atoms with Gasteiger partial charge in [-0.2, -0.15) is 0 Å². The van der Waals surface area contributed by atoms with E-state index < -0.39 is 0 Å². The maximum Gasteiger partial charge on any atom is 0.228 e. The number of carbonyl (C=O) groups excluding carboxylic acids is 1. The van der Waals surface area contributed by atoms with Crippen molar-refractivity contribution in [2.24, 2.45) is 5.41 Å². The fraction of sp³-hybridized carbons (Fsp3) is 0.786. The van der Waals surface area contributed by atoms with Gasteiger partial charge < -0.3 is 9.64 Å². The summed E-state index contributed by atoms with van der Waals surface area (Å²) in [6, 6.07) is 0. The average Bonchev–Trinajstić information content (AvgIpc) is 2.28. The molecule has 0 aliphatic carbocycles. The molecular weight excluding hydrogens is 214 g/mol. The number of carbonyl (C=O) groups is 1. The van der Waals surface area contributed by atoms with E-state index in [9.17, 15) is 4.79 Å². The molecule has 1 saturated heterocycles. The highest BCUT2D eigenvalue weighted by Crippen LogP contribution is 2.21. The first-order chi connectivity index (χ1) is 7.95. The highest BCUT2D eigenvalue weighted by atomic mass is 16.5. The summed E-state index contributed by atoms with van der Waals surface area (Å²) in [4.78, 5) is 14.1. The van der Waals surface area contributed by atoms with E-state index in [-0.39, 0.29) is 17.4 Å². The first-order valence-electron chi connectivity index (χ1n) is 6.47. The summed E-state index contributed by atoms with van der Waals surface area (Å²) in [6.07, 6.45) is 6.30. The molecule has 0 radical (unpaired) electrons. The van der Waals surface area contributed by atoms with Crippen LogP contribution in [0.3, 0.4) is 0 Å². The number of hydrogen-bond acceptors (Lipinski definition) is 2. The minimum Gasteiger partial charge on any atom is -0.372 e. The summed E-state index contributed by atoms with van der Waals surface area (Å²) < 4.78 is 5.74. The van der Waals surface area contributed by atoms with Crippen LogP contribution >= 0.6 is 0 Å². The molecular formula is C14H25NO2. The minimum atomic E-state index is -0.286. The van der Waals surface area contributed by atoms with Crippen molar-refractivity contribution in [1.29, 1.82) is 0 Å². The Morgan fingerprint density at radius 3 is 2.76 bits per heavy atom. The van der Waals surface area contributed by atoms with Crippen LogP contribution < -0.4 is 0 Å². The van der Waals surface area contributed by atoms with Crippen LogP contribution in [0.15, 0.2) is 12.2 Å². The highest BCUT2D eigenvalue weighted by Gasteiger charge is 2.31. The van der Waals surface area contributed by atoms with Crippen molar-refractivity contribution >= 4 is 5.91 Å². The fourth-order valence-corrected chi connectivity index (χ4v) is 2.02. The molecule has 98 valence electrons. The van der Waals surface area contributed by atoms with Crippen molar-refractivity contribution < 1.29 is 9.53 Å². The SMILES string of the molecule is C/C=C\COC1CCCN(C(=O)C(C)(C)C)C1. The van der Waals surface area contributed by atoms with Gasteiger partial charge in [0.05, 0.1) is 12.7 Å². The number of piperidine rings is 1. The lowest BCUT2D eigenvalue weighted by molar-refractivity contribution is -0.143. The van der Waals surface area contributed by atoms with E-state index in [0.29, 0.717) is 6.61 Å². The Kier molecular flexibility index (Phi) is 5.19. The number of likely N-dealkylation sites (tertiary alicyclic amines) is 1. The van der Waals surface area contributed by atoms with Gasteiger partial charge in [-0.25, -0.2) is 0 Å². The lowest BCUT2D eigenvalue weighted by Crippen LogP contribution is -2.47. The Hall–Kier alpha value is -0.830. The molecule has 0 aromatic carbocycles. The third-order valence-corrected chi connectivity index (χ3v) is 2.97. The maximum absolute atomic E-state index is 12.2. The quantitative estimate of drug-likeness (QED) is 0.709. The fourth-order valence-electron chi connectivity index (χ4n) is 2.02. The summed E-state index contributed by atoms with van der Waals surface area (Å²) in [5.74, 6) is 0.233. The largest absolute Gasteiger partial charge is 0.372 e. The van der Waals surface area contributed by atoms with Crippen molar-refractivity contribution in [3.05, 3.63) is 12.2 Å². The highest BCUT2D eigenvalue weighted by molar-refractivity contribution is 5.81. The monoisotopic (exact) mass is 239 g/mol. The molecule has 1 fully saturated rings. The molecule has 1 atom stereocenters. The molecule has 0 spiro atoms. The van der Waals surface area contributed by atoms with Gasteiger partial charge in [-0.1, -0.05) is 32.9 Å². The molecule has 0 bridgehead atoms. The normalized spacial score (nSPS) is 22.1. The topological polar surface area (TPSA) is 29.5 Å². The summed E-state index contributed by atoms with van der Waals surface area (Å²) in [5.41, 5.74) is -0.286. The molecule has 1 heterocycles. The summed E-state index contributed by atoms with van der Waals surface area (Å²) >= 11 is 0. The molecule has 1 unspecified atom stereocenters. The predicted octanol–water partition coefficient (Wildman–Crippen LogP) is 2.62. The van der Waals surface area contributed by atoms with Crippen LogP contribution in [0.5, 0.6) is 0 Å². The molecule has 3 heteroatoms. The van der Waals surface area contributed by atoms with Crippen LogP contribution in [0, 0.1) is 5.41 Å². The smallest absolute Gasteiger partial charge is 0.228 e. The second kappa shape index (κ2) is 6.20. The number of hydrogen-bond donors (Lipinski definition) is 0. The lowest BCUT2D eigenvalue weighted by Gasteiger charge is -2.36. The van der Waals surface area contributed by atoms with Gasteiger partial charge in [-0.3, -0.25) is 4.79 Å². The number of amides is 1. The number of allylic oxidation sites excluding steroid dienone is 1. The van der Waals surface area contributed by atoms with Gasteiger partial charge >= 0.3 is 0 Å². The van der Waals surface area contributed by atoms with Gasteiger partial charge in [-0.05, 0) is 19.8 Å². The van der Waals surface area contributed by atoms with Crippen LogP contribution in [0.25, 0.3) is 0 Å². The van der Waals surface area contributed by atoms with Gasteiger partial charge in [0, 0.05) is 18.5 Å². The van der Waals surface area contributed by atoms with E-state index in [4.69, 9.17) is 4.74 Å². The molecule has 1 rings (SSSR count). The van der Waals surface area contributed by atoms with Crippen molar-refractivity contribution in [2.75, 3.05) is 19.7 Å². The molecule has 1 aliphatic rings. The molecule has 1 aliphatic heterocycles. The Labute approximate surface area is 105 Å². The maximum atomic E-state index is 12.2. The molecule has 3 nitrogen and oxygen atoms in total. The number of rotatable bonds is 3. The Bertz CT molecular complexity index is 278. The Balaban J connectivity index is 2.46.